The van der Waals surface area contributed by atoms with Crippen molar-refractivity contribution in [3.8, 4) is 0 Å². The third kappa shape index (κ3) is 4.39. The van der Waals surface area contributed by atoms with Gasteiger partial charge in [0.1, 0.15) is 0 Å². The Morgan fingerprint density at radius 3 is 2.72 bits per heavy atom. The molecule has 0 bridgehead atoms. The van der Waals surface area contributed by atoms with Crippen LogP contribution >= 0.6 is 0 Å². The topological polar surface area (TPSA) is 95.4 Å². The summed E-state index contributed by atoms with van der Waals surface area (Å²) >= 11 is 0. The SMILES string of the molecule is CCOC(=O)CCN1C(=O)/C(=C/[C@@H](CC)N=[N+]=[N-])[C@@H]1c1ccccc1. The summed E-state index contributed by atoms with van der Waals surface area (Å²) < 4.78 is 4.93. The van der Waals surface area contributed by atoms with Gasteiger partial charge in [-0.2, -0.15) is 0 Å². The van der Waals surface area contributed by atoms with Crippen LogP contribution < -0.4 is 0 Å². The number of rotatable bonds is 8. The first-order valence-electron chi connectivity index (χ1n) is 8.39. The number of benzene rings is 1. The Kier molecular flexibility index (Phi) is 6.60. The first-order chi connectivity index (χ1) is 12.1. The van der Waals surface area contributed by atoms with Crippen LogP contribution in [0.4, 0.5) is 0 Å². The van der Waals surface area contributed by atoms with Gasteiger partial charge in [0.05, 0.1) is 25.1 Å². The van der Waals surface area contributed by atoms with Gasteiger partial charge in [-0.1, -0.05) is 48.4 Å². The van der Waals surface area contributed by atoms with Gasteiger partial charge in [-0.25, -0.2) is 0 Å². The van der Waals surface area contributed by atoms with Crippen LogP contribution in [-0.2, 0) is 14.3 Å². The summed E-state index contributed by atoms with van der Waals surface area (Å²) in [4.78, 5) is 28.6. The highest BCUT2D eigenvalue weighted by molar-refractivity contribution is 6.02. The molecule has 132 valence electrons. The van der Waals surface area contributed by atoms with E-state index in [0.29, 0.717) is 25.1 Å². The number of nitrogens with zero attached hydrogens (tertiary/aromatic N) is 4. The standard InChI is InChI=1S/C18H22N4O3/c1-3-14(20-21-19)12-15-17(13-8-6-5-7-9-13)22(18(15)24)11-10-16(23)25-4-2/h5-9,12,14,17H,3-4,10-11H2,1-2H3/b15-12+/t14-,17+/m1/s1. The zero-order chi connectivity index (χ0) is 18.2. The molecular formula is C18H22N4O3. The Bertz CT molecular complexity index is 696. The van der Waals surface area contributed by atoms with Crippen molar-refractivity contribution in [1.29, 1.82) is 0 Å². The molecule has 1 aromatic carbocycles. The van der Waals surface area contributed by atoms with Crippen molar-refractivity contribution in [2.45, 2.75) is 38.8 Å². The maximum absolute atomic E-state index is 12.5. The van der Waals surface area contributed by atoms with E-state index in [0.717, 1.165) is 5.56 Å². The molecule has 0 saturated carbocycles. The van der Waals surface area contributed by atoms with E-state index in [2.05, 4.69) is 10.0 Å². The molecular weight excluding hydrogens is 320 g/mol. The molecule has 2 atom stereocenters. The summed E-state index contributed by atoms with van der Waals surface area (Å²) in [6.45, 7) is 4.27. The molecule has 1 heterocycles. The number of hydrogen-bond donors (Lipinski definition) is 0. The second-order valence-electron chi connectivity index (χ2n) is 5.67. The van der Waals surface area contributed by atoms with E-state index in [-0.39, 0.29) is 30.4 Å². The van der Waals surface area contributed by atoms with Crippen molar-refractivity contribution in [2.24, 2.45) is 5.11 Å². The summed E-state index contributed by atoms with van der Waals surface area (Å²) in [5.74, 6) is -0.454. The summed E-state index contributed by atoms with van der Waals surface area (Å²) in [6, 6.07) is 9.01. The van der Waals surface area contributed by atoms with Crippen LogP contribution in [0.5, 0.6) is 0 Å². The van der Waals surface area contributed by atoms with E-state index in [1.54, 1.807) is 17.9 Å². The Labute approximate surface area is 146 Å². The number of carbonyl (C=O) groups is 2. The van der Waals surface area contributed by atoms with E-state index in [4.69, 9.17) is 10.3 Å². The van der Waals surface area contributed by atoms with Gasteiger partial charge in [0.2, 0.25) is 0 Å². The van der Waals surface area contributed by atoms with Crippen molar-refractivity contribution in [3.05, 3.63) is 58.0 Å². The second kappa shape index (κ2) is 8.89. The number of carbonyl (C=O) groups excluding carboxylic acids is 2. The first-order valence-corrected chi connectivity index (χ1v) is 8.39. The molecule has 2 rings (SSSR count). The minimum Gasteiger partial charge on any atom is -0.466 e. The van der Waals surface area contributed by atoms with Gasteiger partial charge < -0.3 is 9.64 Å². The molecule has 25 heavy (non-hydrogen) atoms. The van der Waals surface area contributed by atoms with Gasteiger partial charge in [-0.3, -0.25) is 9.59 Å². The Morgan fingerprint density at radius 2 is 2.12 bits per heavy atom. The maximum Gasteiger partial charge on any atom is 0.307 e. The fraction of sp³-hybridized carbons (Fsp3) is 0.444. The molecule has 0 radical (unpaired) electrons. The lowest BCUT2D eigenvalue weighted by Gasteiger charge is -2.43. The number of β-lactam (4-membered cyclic amide) rings is 1. The Balaban J connectivity index is 2.23. The molecule has 1 aliphatic heterocycles. The van der Waals surface area contributed by atoms with Crippen LogP contribution in [0.3, 0.4) is 0 Å². The molecule has 1 fully saturated rings. The molecule has 0 aliphatic carbocycles. The largest absolute Gasteiger partial charge is 0.466 e. The van der Waals surface area contributed by atoms with Crippen molar-refractivity contribution in [2.75, 3.05) is 13.2 Å². The van der Waals surface area contributed by atoms with E-state index in [1.807, 2.05) is 37.3 Å². The number of azide groups is 1. The van der Waals surface area contributed by atoms with Crippen LogP contribution in [0, 0.1) is 0 Å². The van der Waals surface area contributed by atoms with Crippen LogP contribution in [0.2, 0.25) is 0 Å². The highest BCUT2D eigenvalue weighted by Gasteiger charge is 2.42. The molecule has 7 nitrogen and oxygen atoms in total. The van der Waals surface area contributed by atoms with E-state index in [9.17, 15) is 9.59 Å². The molecule has 1 aliphatic rings. The van der Waals surface area contributed by atoms with E-state index in [1.165, 1.54) is 0 Å². The fourth-order valence-corrected chi connectivity index (χ4v) is 2.84. The van der Waals surface area contributed by atoms with Gasteiger partial charge in [0.15, 0.2) is 0 Å². The van der Waals surface area contributed by atoms with E-state index < -0.39 is 0 Å². The smallest absolute Gasteiger partial charge is 0.307 e. The quantitative estimate of drug-likeness (QED) is 0.180. The molecule has 1 aromatic rings. The summed E-state index contributed by atoms with van der Waals surface area (Å²) in [5.41, 5.74) is 10.2. The minimum atomic E-state index is -0.359. The van der Waals surface area contributed by atoms with Crippen molar-refractivity contribution in [1.82, 2.24) is 4.90 Å². The van der Waals surface area contributed by atoms with Gasteiger partial charge in [0.25, 0.3) is 5.91 Å². The van der Waals surface area contributed by atoms with Gasteiger partial charge in [-0.15, -0.1) is 0 Å². The fourth-order valence-electron chi connectivity index (χ4n) is 2.84. The Morgan fingerprint density at radius 1 is 1.40 bits per heavy atom. The number of amides is 1. The average molecular weight is 342 g/mol. The monoisotopic (exact) mass is 342 g/mol. The normalized spacial score (nSPS) is 19.1. The number of ether oxygens (including phenoxy) is 1. The zero-order valence-electron chi connectivity index (χ0n) is 14.5. The summed E-state index contributed by atoms with van der Waals surface area (Å²) in [6.07, 6.45) is 2.51. The van der Waals surface area contributed by atoms with Crippen molar-refractivity contribution >= 4 is 11.9 Å². The van der Waals surface area contributed by atoms with E-state index >= 15 is 0 Å². The van der Waals surface area contributed by atoms with Crippen LogP contribution in [-0.4, -0.2) is 36.0 Å². The average Bonchev–Trinajstić information content (AvgIpc) is 2.63. The molecule has 0 unspecified atom stereocenters. The molecule has 0 aromatic heterocycles. The van der Waals surface area contributed by atoms with Crippen LogP contribution in [0.25, 0.3) is 10.4 Å². The van der Waals surface area contributed by atoms with Crippen LogP contribution in [0.1, 0.15) is 38.3 Å². The molecule has 7 heteroatoms. The highest BCUT2D eigenvalue weighted by Crippen LogP contribution is 2.40. The third-order valence-electron chi connectivity index (χ3n) is 4.08. The Hall–Kier alpha value is -2.79. The molecule has 1 saturated heterocycles. The zero-order valence-corrected chi connectivity index (χ0v) is 14.5. The summed E-state index contributed by atoms with van der Waals surface area (Å²) in [5, 5.41) is 3.71. The lowest BCUT2D eigenvalue weighted by molar-refractivity contribution is -0.145. The summed E-state index contributed by atoms with van der Waals surface area (Å²) in [7, 11) is 0. The predicted molar refractivity (Wildman–Crippen MR) is 93.5 cm³/mol. The van der Waals surface area contributed by atoms with Gasteiger partial charge in [0, 0.05) is 17.0 Å². The van der Waals surface area contributed by atoms with Gasteiger partial charge >= 0.3 is 5.97 Å². The number of esters is 1. The predicted octanol–water partition coefficient (Wildman–Crippen LogP) is 3.54. The third-order valence-corrected chi connectivity index (χ3v) is 4.08. The first kappa shape index (κ1) is 18.5. The highest BCUT2D eigenvalue weighted by atomic mass is 16.5. The van der Waals surface area contributed by atoms with Crippen LogP contribution in [0.15, 0.2) is 47.1 Å². The second-order valence-corrected chi connectivity index (χ2v) is 5.67. The van der Waals surface area contributed by atoms with Gasteiger partial charge in [-0.05, 0) is 24.4 Å². The lowest BCUT2D eigenvalue weighted by Crippen LogP contribution is -2.50. The lowest BCUT2D eigenvalue weighted by atomic mass is 9.86. The molecule has 0 N–H and O–H groups in total. The van der Waals surface area contributed by atoms with Crippen molar-refractivity contribution in [3.63, 3.8) is 0 Å². The van der Waals surface area contributed by atoms with Crippen molar-refractivity contribution < 1.29 is 14.3 Å². The molecule has 0 spiro atoms. The molecule has 1 amide bonds. The number of hydrogen-bond acceptors (Lipinski definition) is 4. The number of likely N-dealkylation sites (tertiary alicyclic amines) is 1. The minimum absolute atomic E-state index is 0.134. The maximum atomic E-state index is 12.5.